The van der Waals surface area contributed by atoms with Crippen molar-refractivity contribution in [1.82, 2.24) is 9.88 Å². The first kappa shape index (κ1) is 20.3. The molecule has 3 amide bonds. The van der Waals surface area contributed by atoms with Crippen molar-refractivity contribution >= 4 is 29.2 Å². The lowest BCUT2D eigenvalue weighted by Gasteiger charge is -2.22. The minimum Gasteiger partial charge on any atom is -0.325 e. The number of hydrogen-bond acceptors (Lipinski definition) is 5. The lowest BCUT2D eigenvalue weighted by molar-refractivity contribution is -0.143. The molecule has 1 saturated heterocycles. The lowest BCUT2D eigenvalue weighted by atomic mass is 9.80. The number of fused-ring (bicyclic) bond motifs is 2. The van der Waals surface area contributed by atoms with E-state index in [1.165, 1.54) is 0 Å². The Balaban J connectivity index is 1.57. The molecule has 1 aromatic heterocycles. The van der Waals surface area contributed by atoms with Crippen LogP contribution in [0.5, 0.6) is 0 Å². The van der Waals surface area contributed by atoms with E-state index in [0.717, 1.165) is 17.2 Å². The number of carbonyl (C=O) groups is 3. The number of benzene rings is 1. The van der Waals surface area contributed by atoms with Crippen LogP contribution in [0.15, 0.2) is 42.6 Å². The summed E-state index contributed by atoms with van der Waals surface area (Å²) in [6, 6.07) is 9.04. The number of amides is 3. The number of likely N-dealkylation sites (tertiary alicyclic amines) is 1. The van der Waals surface area contributed by atoms with Gasteiger partial charge in [-0.3, -0.25) is 14.4 Å². The molecule has 0 bridgehead atoms. The van der Waals surface area contributed by atoms with Crippen LogP contribution in [0, 0.1) is 11.3 Å². The summed E-state index contributed by atoms with van der Waals surface area (Å²) in [6.07, 6.45) is -3.80. The third-order valence-corrected chi connectivity index (χ3v) is 5.42. The smallest absolute Gasteiger partial charge is 0.325 e. The van der Waals surface area contributed by atoms with Gasteiger partial charge in [-0.1, -0.05) is 18.2 Å². The molecule has 3 heterocycles. The summed E-state index contributed by atoms with van der Waals surface area (Å²) in [5.41, 5.74) is -1.03. The molecule has 8 nitrogen and oxygen atoms in total. The number of pyridine rings is 1. The van der Waals surface area contributed by atoms with Crippen LogP contribution in [0.1, 0.15) is 17.5 Å². The van der Waals surface area contributed by atoms with Crippen molar-refractivity contribution in [2.45, 2.75) is 24.1 Å². The standard InChI is InChI=1S/C20H14F3N5O3/c21-20(22,23)11-5-6-25-15(7-11)27-16(29)17(30)28-10-19(8-12(28)9-24)13-3-1-2-4-14(13)26-18(19)31/h1-7,12H,8,10H2,(H,26,31)(H,25,27,29)/t12-,19-/m0/s1. The van der Waals surface area contributed by atoms with Gasteiger partial charge in [0.25, 0.3) is 0 Å². The van der Waals surface area contributed by atoms with E-state index in [2.05, 4.69) is 10.3 Å². The summed E-state index contributed by atoms with van der Waals surface area (Å²) in [7, 11) is 0. The molecule has 4 rings (SSSR count). The topological polar surface area (TPSA) is 115 Å². The van der Waals surface area contributed by atoms with Gasteiger partial charge in [-0.15, -0.1) is 0 Å². The highest BCUT2D eigenvalue weighted by Gasteiger charge is 2.56. The molecule has 2 aromatic rings. The highest BCUT2D eigenvalue weighted by molar-refractivity contribution is 6.39. The zero-order valence-corrected chi connectivity index (χ0v) is 15.7. The van der Waals surface area contributed by atoms with Crippen molar-refractivity contribution in [3.8, 4) is 6.07 Å². The average molecular weight is 429 g/mol. The molecule has 1 fully saturated rings. The van der Waals surface area contributed by atoms with E-state index in [1.807, 2.05) is 11.4 Å². The predicted octanol–water partition coefficient (Wildman–Crippen LogP) is 2.05. The number of nitriles is 1. The Morgan fingerprint density at radius 2 is 2.03 bits per heavy atom. The molecule has 0 unspecified atom stereocenters. The monoisotopic (exact) mass is 429 g/mol. The number of anilines is 2. The average Bonchev–Trinajstić information content (AvgIpc) is 3.26. The van der Waals surface area contributed by atoms with Gasteiger partial charge >= 0.3 is 18.0 Å². The molecule has 2 aliphatic rings. The van der Waals surface area contributed by atoms with Gasteiger partial charge in [-0.2, -0.15) is 18.4 Å². The summed E-state index contributed by atoms with van der Waals surface area (Å²) in [6.45, 7) is -0.212. The van der Waals surface area contributed by atoms with E-state index in [0.29, 0.717) is 17.3 Å². The Kier molecular flexibility index (Phi) is 4.65. The molecular weight excluding hydrogens is 415 g/mol. The zero-order valence-electron chi connectivity index (χ0n) is 15.7. The Labute approximate surface area is 173 Å². The summed E-state index contributed by atoms with van der Waals surface area (Å²) in [5, 5.41) is 14.3. The summed E-state index contributed by atoms with van der Waals surface area (Å²) >= 11 is 0. The second kappa shape index (κ2) is 7.09. The Morgan fingerprint density at radius 3 is 2.74 bits per heavy atom. The number of halogens is 3. The number of nitrogens with zero attached hydrogens (tertiary/aromatic N) is 3. The number of aromatic nitrogens is 1. The van der Waals surface area contributed by atoms with Gasteiger partial charge in [0.15, 0.2) is 0 Å². The fraction of sp³-hybridized carbons (Fsp3) is 0.250. The third kappa shape index (κ3) is 3.35. The molecule has 2 N–H and O–H groups in total. The number of carbonyl (C=O) groups excluding carboxylic acids is 3. The summed E-state index contributed by atoms with van der Waals surface area (Å²) < 4.78 is 38.5. The first-order valence-corrected chi connectivity index (χ1v) is 9.11. The maximum Gasteiger partial charge on any atom is 0.416 e. The van der Waals surface area contributed by atoms with Crippen molar-refractivity contribution in [2.75, 3.05) is 17.2 Å². The molecule has 0 radical (unpaired) electrons. The molecular formula is C20H14F3N5O3. The SMILES string of the molecule is N#C[C@@H]1C[C@@]2(CN1C(=O)C(=O)Nc1cc(C(F)(F)F)ccn1)C(=O)Nc1ccccc12. The van der Waals surface area contributed by atoms with Gasteiger partial charge in [-0.25, -0.2) is 4.98 Å². The fourth-order valence-electron chi connectivity index (χ4n) is 3.94. The number of alkyl halides is 3. The third-order valence-electron chi connectivity index (χ3n) is 5.42. The second-order valence-corrected chi connectivity index (χ2v) is 7.25. The number of rotatable bonds is 1. The molecule has 158 valence electrons. The highest BCUT2D eigenvalue weighted by Crippen LogP contribution is 2.46. The number of hydrogen-bond donors (Lipinski definition) is 2. The van der Waals surface area contributed by atoms with Crippen molar-refractivity contribution in [3.05, 3.63) is 53.7 Å². The van der Waals surface area contributed by atoms with Crippen LogP contribution in [0.4, 0.5) is 24.7 Å². The molecule has 2 aliphatic heterocycles. The first-order valence-electron chi connectivity index (χ1n) is 9.11. The van der Waals surface area contributed by atoms with Crippen molar-refractivity contribution in [3.63, 3.8) is 0 Å². The van der Waals surface area contributed by atoms with Crippen LogP contribution in [-0.2, 0) is 26.0 Å². The predicted molar refractivity (Wildman–Crippen MR) is 100 cm³/mol. The van der Waals surface area contributed by atoms with Gasteiger partial charge < -0.3 is 15.5 Å². The van der Waals surface area contributed by atoms with E-state index < -0.39 is 40.8 Å². The van der Waals surface area contributed by atoms with Crippen LogP contribution in [0.25, 0.3) is 0 Å². The molecule has 2 atom stereocenters. The van der Waals surface area contributed by atoms with E-state index in [-0.39, 0.29) is 18.9 Å². The zero-order chi connectivity index (χ0) is 22.4. The largest absolute Gasteiger partial charge is 0.416 e. The van der Waals surface area contributed by atoms with Gasteiger partial charge in [0.1, 0.15) is 11.9 Å². The van der Waals surface area contributed by atoms with Gasteiger partial charge in [0.05, 0.1) is 17.0 Å². The molecule has 0 aliphatic carbocycles. The maximum absolute atomic E-state index is 12.8. The maximum atomic E-state index is 12.8. The molecule has 31 heavy (non-hydrogen) atoms. The van der Waals surface area contributed by atoms with Crippen LogP contribution < -0.4 is 10.6 Å². The Bertz CT molecular complexity index is 1140. The molecule has 1 spiro atoms. The van der Waals surface area contributed by atoms with Crippen LogP contribution in [0.2, 0.25) is 0 Å². The van der Waals surface area contributed by atoms with Crippen molar-refractivity contribution < 1.29 is 27.6 Å². The van der Waals surface area contributed by atoms with Crippen LogP contribution in [0.3, 0.4) is 0 Å². The van der Waals surface area contributed by atoms with Gasteiger partial charge in [-0.05, 0) is 23.8 Å². The van der Waals surface area contributed by atoms with Gasteiger partial charge in [0, 0.05) is 24.8 Å². The molecule has 1 aromatic carbocycles. The van der Waals surface area contributed by atoms with E-state index >= 15 is 0 Å². The first-order chi connectivity index (χ1) is 14.7. The van der Waals surface area contributed by atoms with Crippen molar-refractivity contribution in [1.29, 1.82) is 5.26 Å². The van der Waals surface area contributed by atoms with Crippen LogP contribution in [-0.4, -0.2) is 40.2 Å². The summed E-state index contributed by atoms with van der Waals surface area (Å²) in [5.74, 6) is -3.24. The van der Waals surface area contributed by atoms with Crippen LogP contribution >= 0.6 is 0 Å². The quantitative estimate of drug-likeness (QED) is 0.674. The normalized spacial score (nSPS) is 22.1. The Morgan fingerprint density at radius 1 is 1.29 bits per heavy atom. The number of nitrogens with one attached hydrogen (secondary N) is 2. The lowest BCUT2D eigenvalue weighted by Crippen LogP contribution is -2.44. The van der Waals surface area contributed by atoms with E-state index in [4.69, 9.17) is 0 Å². The minimum absolute atomic E-state index is 0.00677. The highest BCUT2D eigenvalue weighted by atomic mass is 19.4. The summed E-state index contributed by atoms with van der Waals surface area (Å²) in [4.78, 5) is 42.4. The minimum atomic E-state index is -4.65. The fourth-order valence-corrected chi connectivity index (χ4v) is 3.94. The second-order valence-electron chi connectivity index (χ2n) is 7.25. The van der Waals surface area contributed by atoms with E-state index in [9.17, 15) is 32.8 Å². The number of para-hydroxylation sites is 1. The Hall–Kier alpha value is -3.94. The van der Waals surface area contributed by atoms with E-state index in [1.54, 1.807) is 24.3 Å². The van der Waals surface area contributed by atoms with Crippen molar-refractivity contribution in [2.24, 2.45) is 0 Å². The molecule has 0 saturated carbocycles. The van der Waals surface area contributed by atoms with Gasteiger partial charge in [0.2, 0.25) is 5.91 Å². The molecule has 11 heteroatoms.